The second-order valence-electron chi connectivity index (χ2n) is 2.67. The molecule has 0 saturated carbocycles. The summed E-state index contributed by atoms with van der Waals surface area (Å²) in [5, 5.41) is 36.2. The van der Waals surface area contributed by atoms with Gasteiger partial charge in [-0.25, -0.2) is 0 Å². The molecule has 6 heteroatoms. The maximum atomic E-state index is 9.31. The molecule has 0 aromatic carbocycles. The Morgan fingerprint density at radius 1 is 1.17 bits per heavy atom. The van der Waals surface area contributed by atoms with E-state index in [0.717, 1.165) is 0 Å². The Bertz CT molecular complexity index is 150. The summed E-state index contributed by atoms with van der Waals surface area (Å²) in [7, 11) is 0. The highest BCUT2D eigenvalue weighted by Gasteiger charge is 2.41. The SMILES string of the molecule is OCC1OC(O)C(O)C(O)C1I. The smallest absolute Gasteiger partial charge is 0.183 e. The number of rotatable bonds is 1. The molecule has 0 aromatic rings. The van der Waals surface area contributed by atoms with Gasteiger partial charge in [0.2, 0.25) is 0 Å². The van der Waals surface area contributed by atoms with Crippen molar-refractivity contribution in [2.75, 3.05) is 6.61 Å². The van der Waals surface area contributed by atoms with Gasteiger partial charge in [-0.1, -0.05) is 22.6 Å². The van der Waals surface area contributed by atoms with Crippen molar-refractivity contribution >= 4 is 22.6 Å². The molecule has 1 aliphatic heterocycles. The van der Waals surface area contributed by atoms with Gasteiger partial charge in [-0.3, -0.25) is 0 Å². The lowest BCUT2D eigenvalue weighted by atomic mass is 10.0. The minimum atomic E-state index is -1.41. The van der Waals surface area contributed by atoms with Crippen LogP contribution in [0, 0.1) is 0 Å². The molecule has 5 unspecified atom stereocenters. The van der Waals surface area contributed by atoms with E-state index in [1.165, 1.54) is 0 Å². The molecule has 72 valence electrons. The first kappa shape index (κ1) is 10.6. The zero-order chi connectivity index (χ0) is 9.30. The highest BCUT2D eigenvalue weighted by Crippen LogP contribution is 2.25. The van der Waals surface area contributed by atoms with E-state index in [4.69, 9.17) is 20.1 Å². The lowest BCUT2D eigenvalue weighted by Gasteiger charge is -2.37. The Morgan fingerprint density at radius 3 is 2.25 bits per heavy atom. The average molecular weight is 290 g/mol. The van der Waals surface area contributed by atoms with Gasteiger partial charge >= 0.3 is 0 Å². The van der Waals surface area contributed by atoms with Gasteiger partial charge in [0, 0.05) is 0 Å². The summed E-state index contributed by atoms with van der Waals surface area (Å²) in [5.74, 6) is 0. The molecule has 1 aliphatic rings. The number of hydrogen-bond donors (Lipinski definition) is 4. The van der Waals surface area contributed by atoms with Crippen LogP contribution >= 0.6 is 22.6 Å². The van der Waals surface area contributed by atoms with Gasteiger partial charge in [0.15, 0.2) is 6.29 Å². The van der Waals surface area contributed by atoms with Gasteiger partial charge in [0.05, 0.1) is 22.7 Å². The van der Waals surface area contributed by atoms with Crippen LogP contribution < -0.4 is 0 Å². The fourth-order valence-corrected chi connectivity index (χ4v) is 1.88. The summed E-state index contributed by atoms with van der Waals surface area (Å²) in [5.41, 5.74) is 0. The first-order valence-corrected chi connectivity index (χ1v) is 4.77. The molecule has 4 N–H and O–H groups in total. The Labute approximate surface area is 83.1 Å². The van der Waals surface area contributed by atoms with Crippen LogP contribution in [0.25, 0.3) is 0 Å². The molecule has 0 bridgehead atoms. The summed E-state index contributed by atoms with van der Waals surface area (Å²) < 4.78 is 4.41. The van der Waals surface area contributed by atoms with Crippen LogP contribution in [-0.2, 0) is 4.74 Å². The molecule has 0 aliphatic carbocycles. The Balaban J connectivity index is 2.63. The van der Waals surface area contributed by atoms with Crippen LogP contribution in [0.15, 0.2) is 0 Å². The quantitative estimate of drug-likeness (QED) is 0.339. The van der Waals surface area contributed by atoms with Crippen molar-refractivity contribution in [2.24, 2.45) is 0 Å². The molecule has 0 amide bonds. The fraction of sp³-hybridized carbons (Fsp3) is 1.00. The Hall–Kier alpha value is 0.530. The first-order valence-electron chi connectivity index (χ1n) is 3.52. The van der Waals surface area contributed by atoms with E-state index in [1.54, 1.807) is 0 Å². The second-order valence-corrected chi connectivity index (χ2v) is 4.11. The lowest BCUT2D eigenvalue weighted by molar-refractivity contribution is -0.246. The monoisotopic (exact) mass is 290 g/mol. The molecule has 1 fully saturated rings. The van der Waals surface area contributed by atoms with E-state index in [0.29, 0.717) is 0 Å². The minimum absolute atomic E-state index is 0.283. The molecule has 5 nitrogen and oxygen atoms in total. The maximum absolute atomic E-state index is 9.31. The second kappa shape index (κ2) is 4.16. The predicted molar refractivity (Wildman–Crippen MR) is 47.8 cm³/mol. The number of alkyl halides is 1. The van der Waals surface area contributed by atoms with Crippen LogP contribution in [0.5, 0.6) is 0 Å². The van der Waals surface area contributed by atoms with E-state index < -0.39 is 28.5 Å². The van der Waals surface area contributed by atoms with Crippen molar-refractivity contribution in [2.45, 2.75) is 28.5 Å². The van der Waals surface area contributed by atoms with Gasteiger partial charge in [0.1, 0.15) is 6.10 Å². The summed E-state index contributed by atoms with van der Waals surface area (Å²) in [6.07, 6.45) is -4.40. The molecule has 1 heterocycles. The van der Waals surface area contributed by atoms with Crippen molar-refractivity contribution in [3.63, 3.8) is 0 Å². The van der Waals surface area contributed by atoms with Crippen molar-refractivity contribution in [1.29, 1.82) is 0 Å². The molecule has 0 spiro atoms. The van der Waals surface area contributed by atoms with Crippen LogP contribution in [-0.4, -0.2) is 55.6 Å². The summed E-state index contributed by atoms with van der Waals surface area (Å²) in [6.45, 7) is -0.283. The number of aliphatic hydroxyl groups excluding tert-OH is 4. The number of ether oxygens (including phenoxy) is 1. The van der Waals surface area contributed by atoms with E-state index >= 15 is 0 Å². The van der Waals surface area contributed by atoms with Crippen LogP contribution in [0.3, 0.4) is 0 Å². The zero-order valence-corrected chi connectivity index (χ0v) is 8.33. The topological polar surface area (TPSA) is 90.2 Å². The molecule has 12 heavy (non-hydrogen) atoms. The van der Waals surface area contributed by atoms with E-state index in [1.807, 2.05) is 22.6 Å². The summed E-state index contributed by atoms with van der Waals surface area (Å²) >= 11 is 1.86. The standard InChI is InChI=1S/C6H11IO5/c7-3-2(1-8)12-6(11)5(10)4(3)9/h2-6,8-11H,1H2. The van der Waals surface area contributed by atoms with Crippen molar-refractivity contribution < 1.29 is 25.2 Å². The van der Waals surface area contributed by atoms with Crippen molar-refractivity contribution in [3.05, 3.63) is 0 Å². The van der Waals surface area contributed by atoms with Crippen molar-refractivity contribution in [1.82, 2.24) is 0 Å². The Kier molecular flexibility index (Phi) is 3.68. The molecule has 5 atom stereocenters. The highest BCUT2D eigenvalue weighted by atomic mass is 127. The molecule has 1 rings (SSSR count). The molecule has 0 radical (unpaired) electrons. The van der Waals surface area contributed by atoms with E-state index in [-0.39, 0.29) is 6.61 Å². The van der Waals surface area contributed by atoms with Gasteiger partial charge in [-0.2, -0.15) is 0 Å². The summed E-state index contributed by atoms with van der Waals surface area (Å²) in [4.78, 5) is 0. The number of hydrogen-bond acceptors (Lipinski definition) is 5. The third-order valence-electron chi connectivity index (χ3n) is 1.82. The maximum Gasteiger partial charge on any atom is 0.183 e. The third-order valence-corrected chi connectivity index (χ3v) is 3.36. The largest absolute Gasteiger partial charge is 0.394 e. The van der Waals surface area contributed by atoms with Crippen LogP contribution in [0.4, 0.5) is 0 Å². The number of halogens is 1. The average Bonchev–Trinajstić information content (AvgIpc) is 2.08. The minimum Gasteiger partial charge on any atom is -0.394 e. The lowest BCUT2D eigenvalue weighted by Crippen LogP contribution is -2.56. The van der Waals surface area contributed by atoms with E-state index in [9.17, 15) is 5.11 Å². The molecular weight excluding hydrogens is 279 g/mol. The summed E-state index contributed by atoms with van der Waals surface area (Å²) in [6, 6.07) is 0. The van der Waals surface area contributed by atoms with Gasteiger partial charge < -0.3 is 25.2 Å². The Morgan fingerprint density at radius 2 is 1.75 bits per heavy atom. The fourth-order valence-electron chi connectivity index (χ4n) is 1.06. The van der Waals surface area contributed by atoms with Gasteiger partial charge in [-0.05, 0) is 0 Å². The molecule has 1 saturated heterocycles. The van der Waals surface area contributed by atoms with Crippen LogP contribution in [0.2, 0.25) is 0 Å². The van der Waals surface area contributed by atoms with Gasteiger partial charge in [-0.15, -0.1) is 0 Å². The zero-order valence-electron chi connectivity index (χ0n) is 6.17. The van der Waals surface area contributed by atoms with E-state index in [2.05, 4.69) is 0 Å². The number of aliphatic hydroxyl groups is 4. The highest BCUT2D eigenvalue weighted by molar-refractivity contribution is 14.1. The van der Waals surface area contributed by atoms with Gasteiger partial charge in [0.25, 0.3) is 0 Å². The first-order chi connectivity index (χ1) is 5.57. The molecular formula is C6H11IO5. The molecule has 0 aromatic heterocycles. The normalized spacial score (nSPS) is 49.2. The third kappa shape index (κ3) is 1.88. The van der Waals surface area contributed by atoms with Crippen molar-refractivity contribution in [3.8, 4) is 0 Å². The predicted octanol–water partition coefficient (Wildman–Crippen LogP) is -1.78. The van der Waals surface area contributed by atoms with Crippen LogP contribution in [0.1, 0.15) is 0 Å².